The van der Waals surface area contributed by atoms with Crippen LogP contribution in [0.4, 0.5) is 4.39 Å². The van der Waals surface area contributed by atoms with Crippen molar-refractivity contribution in [2.45, 2.75) is 32.4 Å². The molecule has 1 aromatic heterocycles. The highest BCUT2D eigenvalue weighted by Crippen LogP contribution is 2.17. The average molecular weight is 381 g/mol. The number of benzene rings is 2. The molecular weight excluding hydrogens is 357 g/mol. The molecule has 1 atom stereocenters. The van der Waals surface area contributed by atoms with Crippen molar-refractivity contribution in [2.24, 2.45) is 5.73 Å². The van der Waals surface area contributed by atoms with Crippen molar-refractivity contribution >= 4 is 5.91 Å². The number of carbonyl (C=O) groups excluding carboxylic acids is 1. The highest BCUT2D eigenvalue weighted by molar-refractivity contribution is 5.91. The van der Waals surface area contributed by atoms with Crippen LogP contribution in [-0.2, 0) is 6.54 Å². The van der Waals surface area contributed by atoms with Crippen LogP contribution in [0.3, 0.4) is 0 Å². The van der Waals surface area contributed by atoms with E-state index in [4.69, 9.17) is 5.73 Å². The van der Waals surface area contributed by atoms with Gasteiger partial charge in [-0.15, -0.1) is 5.10 Å². The Morgan fingerprint density at radius 2 is 1.89 bits per heavy atom. The fourth-order valence-electron chi connectivity index (χ4n) is 2.84. The molecule has 0 radical (unpaired) electrons. The van der Waals surface area contributed by atoms with Gasteiger partial charge >= 0.3 is 0 Å². The van der Waals surface area contributed by atoms with Crippen molar-refractivity contribution in [3.63, 3.8) is 0 Å². The van der Waals surface area contributed by atoms with E-state index in [-0.39, 0.29) is 30.0 Å². The Balaban J connectivity index is 1.55. The predicted molar refractivity (Wildman–Crippen MR) is 105 cm³/mol. The van der Waals surface area contributed by atoms with Crippen LogP contribution >= 0.6 is 0 Å². The molecule has 3 N–H and O–H groups in total. The SMILES string of the molecule is CC(C)c1ccc(C(N)CNC(=O)c2cn(Cc3cccc(F)c3)nn2)cc1. The number of rotatable bonds is 7. The summed E-state index contributed by atoms with van der Waals surface area (Å²) in [6.07, 6.45) is 1.53. The molecule has 2 aromatic carbocycles. The van der Waals surface area contributed by atoms with Gasteiger partial charge in [0.1, 0.15) is 5.82 Å². The van der Waals surface area contributed by atoms with Crippen molar-refractivity contribution in [3.8, 4) is 0 Å². The second-order valence-electron chi connectivity index (χ2n) is 7.07. The molecule has 0 saturated heterocycles. The van der Waals surface area contributed by atoms with Gasteiger partial charge in [0.05, 0.1) is 12.7 Å². The van der Waals surface area contributed by atoms with Crippen LogP contribution in [0.5, 0.6) is 0 Å². The molecule has 0 aliphatic heterocycles. The number of hydrogen-bond donors (Lipinski definition) is 2. The van der Waals surface area contributed by atoms with Crippen LogP contribution < -0.4 is 11.1 Å². The Hall–Kier alpha value is -3.06. The van der Waals surface area contributed by atoms with Crippen LogP contribution in [0, 0.1) is 5.82 Å². The molecule has 1 heterocycles. The quantitative estimate of drug-likeness (QED) is 0.659. The van der Waals surface area contributed by atoms with Crippen molar-refractivity contribution in [2.75, 3.05) is 6.54 Å². The first kappa shape index (κ1) is 19.7. The molecule has 3 rings (SSSR count). The topological polar surface area (TPSA) is 85.8 Å². The van der Waals surface area contributed by atoms with E-state index < -0.39 is 0 Å². The van der Waals surface area contributed by atoms with Gasteiger partial charge < -0.3 is 11.1 Å². The Kier molecular flexibility index (Phi) is 6.16. The second-order valence-corrected chi connectivity index (χ2v) is 7.07. The number of carbonyl (C=O) groups is 1. The summed E-state index contributed by atoms with van der Waals surface area (Å²) in [5.74, 6) is -0.203. The molecule has 1 amide bonds. The lowest BCUT2D eigenvalue weighted by molar-refractivity contribution is 0.0946. The maximum atomic E-state index is 13.3. The van der Waals surface area contributed by atoms with Gasteiger partial charge in [-0.3, -0.25) is 4.79 Å². The van der Waals surface area contributed by atoms with Gasteiger partial charge in [0.25, 0.3) is 5.91 Å². The number of aromatic nitrogens is 3. The van der Waals surface area contributed by atoms with Crippen LogP contribution in [0.25, 0.3) is 0 Å². The predicted octanol–water partition coefficient (Wildman–Crippen LogP) is 3.02. The molecule has 0 fully saturated rings. The standard InChI is InChI=1S/C21H24FN5O/c1-14(2)16-6-8-17(9-7-16)19(23)11-24-21(28)20-13-27(26-25-20)12-15-4-3-5-18(22)10-15/h3-10,13-14,19H,11-12,23H2,1-2H3,(H,24,28). The number of nitrogens with zero attached hydrogens (tertiary/aromatic N) is 3. The van der Waals surface area contributed by atoms with E-state index in [9.17, 15) is 9.18 Å². The molecule has 0 aliphatic carbocycles. The fraction of sp³-hybridized carbons (Fsp3) is 0.286. The van der Waals surface area contributed by atoms with E-state index in [0.29, 0.717) is 12.5 Å². The third-order valence-electron chi connectivity index (χ3n) is 4.52. The third kappa shape index (κ3) is 5.01. The Morgan fingerprint density at radius 1 is 1.18 bits per heavy atom. The molecule has 28 heavy (non-hydrogen) atoms. The fourth-order valence-corrected chi connectivity index (χ4v) is 2.84. The van der Waals surface area contributed by atoms with Crippen LogP contribution in [0.1, 0.15) is 53.0 Å². The monoisotopic (exact) mass is 381 g/mol. The van der Waals surface area contributed by atoms with E-state index in [0.717, 1.165) is 11.1 Å². The molecular formula is C21H24FN5O. The van der Waals surface area contributed by atoms with E-state index in [2.05, 4.69) is 41.6 Å². The summed E-state index contributed by atoms with van der Waals surface area (Å²) in [5.41, 5.74) is 9.31. The molecule has 146 valence electrons. The molecule has 0 spiro atoms. The molecule has 1 unspecified atom stereocenters. The molecule has 0 aliphatic rings. The van der Waals surface area contributed by atoms with Crippen molar-refractivity contribution in [1.29, 1.82) is 0 Å². The lowest BCUT2D eigenvalue weighted by Crippen LogP contribution is -2.32. The summed E-state index contributed by atoms with van der Waals surface area (Å²) >= 11 is 0. The zero-order valence-electron chi connectivity index (χ0n) is 16.0. The summed E-state index contributed by atoms with van der Waals surface area (Å²) < 4.78 is 14.8. The second kappa shape index (κ2) is 8.75. The van der Waals surface area contributed by atoms with Gasteiger partial charge in [0, 0.05) is 12.6 Å². The molecule has 0 bridgehead atoms. The van der Waals surface area contributed by atoms with Crippen LogP contribution in [0.2, 0.25) is 0 Å². The summed E-state index contributed by atoms with van der Waals surface area (Å²) in [5, 5.41) is 10.6. The summed E-state index contributed by atoms with van der Waals surface area (Å²) in [4.78, 5) is 12.3. The lowest BCUT2D eigenvalue weighted by Gasteiger charge is -2.14. The first-order chi connectivity index (χ1) is 13.4. The minimum atomic E-state index is -0.347. The number of nitrogens with one attached hydrogen (secondary N) is 1. The Labute approximate surface area is 163 Å². The van der Waals surface area contributed by atoms with Gasteiger partial charge in [-0.05, 0) is 34.7 Å². The number of hydrogen-bond acceptors (Lipinski definition) is 4. The first-order valence-corrected chi connectivity index (χ1v) is 9.20. The molecule has 7 heteroatoms. The summed E-state index contributed by atoms with van der Waals surface area (Å²) in [6.45, 7) is 4.89. The third-order valence-corrected chi connectivity index (χ3v) is 4.52. The minimum absolute atomic E-state index is 0.193. The van der Waals surface area contributed by atoms with Crippen LogP contribution in [-0.4, -0.2) is 27.4 Å². The smallest absolute Gasteiger partial charge is 0.273 e. The van der Waals surface area contributed by atoms with E-state index >= 15 is 0 Å². The van der Waals surface area contributed by atoms with Gasteiger partial charge in [0.2, 0.25) is 0 Å². The van der Waals surface area contributed by atoms with Crippen molar-refractivity contribution in [1.82, 2.24) is 20.3 Å². The van der Waals surface area contributed by atoms with Crippen molar-refractivity contribution < 1.29 is 9.18 Å². The number of nitrogens with two attached hydrogens (primary N) is 1. The van der Waals surface area contributed by atoms with E-state index in [1.165, 1.54) is 28.6 Å². The molecule has 0 saturated carbocycles. The van der Waals surface area contributed by atoms with Gasteiger partial charge in [-0.1, -0.05) is 55.5 Å². The molecule has 3 aromatic rings. The molecule has 6 nitrogen and oxygen atoms in total. The largest absolute Gasteiger partial charge is 0.349 e. The zero-order chi connectivity index (χ0) is 20.1. The maximum absolute atomic E-state index is 13.3. The number of amides is 1. The van der Waals surface area contributed by atoms with E-state index in [1.54, 1.807) is 12.1 Å². The van der Waals surface area contributed by atoms with Gasteiger partial charge in [-0.2, -0.15) is 0 Å². The summed E-state index contributed by atoms with van der Waals surface area (Å²) in [7, 11) is 0. The highest BCUT2D eigenvalue weighted by atomic mass is 19.1. The zero-order valence-corrected chi connectivity index (χ0v) is 16.0. The summed E-state index contributed by atoms with van der Waals surface area (Å²) in [6, 6.07) is 14.0. The van der Waals surface area contributed by atoms with Gasteiger partial charge in [-0.25, -0.2) is 9.07 Å². The Morgan fingerprint density at radius 3 is 2.57 bits per heavy atom. The Bertz CT molecular complexity index is 936. The average Bonchev–Trinajstić information content (AvgIpc) is 3.14. The van der Waals surface area contributed by atoms with E-state index in [1.807, 2.05) is 12.1 Å². The normalized spacial score (nSPS) is 12.2. The van der Waals surface area contributed by atoms with Gasteiger partial charge in [0.15, 0.2) is 5.69 Å². The highest BCUT2D eigenvalue weighted by Gasteiger charge is 2.13. The minimum Gasteiger partial charge on any atom is -0.349 e. The van der Waals surface area contributed by atoms with Crippen molar-refractivity contribution in [3.05, 3.63) is 82.9 Å². The lowest BCUT2D eigenvalue weighted by atomic mass is 9.99. The number of halogens is 1. The first-order valence-electron chi connectivity index (χ1n) is 9.20. The maximum Gasteiger partial charge on any atom is 0.273 e. The van der Waals surface area contributed by atoms with Crippen LogP contribution in [0.15, 0.2) is 54.7 Å².